The van der Waals surface area contributed by atoms with Crippen LogP contribution in [-0.2, 0) is 0 Å². The summed E-state index contributed by atoms with van der Waals surface area (Å²) in [6, 6.07) is 45.1. The molecule has 1 aromatic heterocycles. The van der Waals surface area contributed by atoms with Crippen molar-refractivity contribution in [1.29, 1.82) is 0 Å². The van der Waals surface area contributed by atoms with Gasteiger partial charge in [-0.25, -0.2) is 0 Å². The SMILES string of the molecule is Cc1ccc(-c2ccc(O)c3c(C4=CC=CC5=C(c6ccc(-n7c8ccccc8c8ccccc87)cc6)C=CC45)cccc23)cc1. The summed E-state index contributed by atoms with van der Waals surface area (Å²) in [5.74, 6) is 0.426. The van der Waals surface area contributed by atoms with Gasteiger partial charge in [0.15, 0.2) is 0 Å². The van der Waals surface area contributed by atoms with Crippen LogP contribution in [-0.4, -0.2) is 9.67 Å². The number of aromatic nitrogens is 1. The molecule has 0 bridgehead atoms. The first kappa shape index (κ1) is 26.5. The van der Waals surface area contributed by atoms with E-state index in [0.717, 1.165) is 33.2 Å². The predicted molar refractivity (Wildman–Crippen MR) is 193 cm³/mol. The van der Waals surface area contributed by atoms with Crippen LogP contribution in [0, 0.1) is 12.8 Å². The number of nitrogens with zero attached hydrogens (tertiary/aromatic N) is 1. The number of aryl methyl sites for hydroxylation is 1. The molecule has 1 atom stereocenters. The summed E-state index contributed by atoms with van der Waals surface area (Å²) in [6.45, 7) is 2.11. The first-order valence-corrected chi connectivity index (χ1v) is 15.9. The van der Waals surface area contributed by atoms with Crippen molar-refractivity contribution >= 4 is 43.7 Å². The number of phenolic OH excluding ortho intramolecular Hbond substituents is 1. The van der Waals surface area contributed by atoms with Crippen LogP contribution in [0.4, 0.5) is 0 Å². The van der Waals surface area contributed by atoms with Gasteiger partial charge in [0.2, 0.25) is 0 Å². The van der Waals surface area contributed by atoms with Crippen LogP contribution in [0.25, 0.3) is 60.5 Å². The van der Waals surface area contributed by atoms with E-state index in [-0.39, 0.29) is 5.92 Å². The fourth-order valence-electron chi connectivity index (χ4n) is 7.51. The zero-order valence-corrected chi connectivity index (χ0v) is 25.5. The molecule has 2 nitrogen and oxygen atoms in total. The van der Waals surface area contributed by atoms with Crippen molar-refractivity contribution in [2.75, 3.05) is 0 Å². The number of rotatable bonds is 4. The Morgan fingerprint density at radius 1 is 0.587 bits per heavy atom. The molecule has 0 fully saturated rings. The van der Waals surface area contributed by atoms with Gasteiger partial charge < -0.3 is 9.67 Å². The van der Waals surface area contributed by atoms with E-state index < -0.39 is 0 Å². The summed E-state index contributed by atoms with van der Waals surface area (Å²) in [5.41, 5.74) is 13.1. The summed E-state index contributed by atoms with van der Waals surface area (Å²) < 4.78 is 2.36. The Balaban J connectivity index is 1.11. The number of benzene rings is 6. The Bertz CT molecular complexity index is 2410. The molecular formula is C44H31NO. The molecular weight excluding hydrogens is 558 g/mol. The first-order valence-electron chi connectivity index (χ1n) is 15.9. The Morgan fingerprint density at radius 3 is 2.00 bits per heavy atom. The molecule has 6 aromatic carbocycles. The molecule has 7 aromatic rings. The van der Waals surface area contributed by atoms with E-state index >= 15 is 0 Å². The minimum absolute atomic E-state index is 0.116. The Morgan fingerprint density at radius 2 is 1.26 bits per heavy atom. The molecule has 0 aliphatic heterocycles. The third kappa shape index (κ3) is 4.04. The van der Waals surface area contributed by atoms with E-state index in [1.165, 1.54) is 49.7 Å². The van der Waals surface area contributed by atoms with E-state index in [2.05, 4.69) is 157 Å². The van der Waals surface area contributed by atoms with Crippen molar-refractivity contribution in [2.45, 2.75) is 6.92 Å². The number of allylic oxidation sites excluding steroid dienone is 8. The van der Waals surface area contributed by atoms with Gasteiger partial charge >= 0.3 is 0 Å². The van der Waals surface area contributed by atoms with Crippen molar-refractivity contribution in [3.8, 4) is 22.6 Å². The molecule has 0 radical (unpaired) electrons. The van der Waals surface area contributed by atoms with E-state index in [4.69, 9.17) is 0 Å². The molecule has 1 heterocycles. The smallest absolute Gasteiger partial charge is 0.124 e. The maximum Gasteiger partial charge on any atom is 0.124 e. The molecule has 1 unspecified atom stereocenters. The van der Waals surface area contributed by atoms with E-state index in [1.807, 2.05) is 12.1 Å². The average molecular weight is 590 g/mol. The summed E-state index contributed by atoms with van der Waals surface area (Å²) in [7, 11) is 0. The number of hydrogen-bond donors (Lipinski definition) is 1. The number of phenols is 1. The van der Waals surface area contributed by atoms with Gasteiger partial charge in [-0.3, -0.25) is 0 Å². The fraction of sp³-hybridized carbons (Fsp3) is 0.0455. The van der Waals surface area contributed by atoms with Crippen LogP contribution < -0.4 is 0 Å². The molecule has 9 rings (SSSR count). The lowest BCUT2D eigenvalue weighted by Gasteiger charge is -2.22. The van der Waals surface area contributed by atoms with Gasteiger partial charge in [-0.2, -0.15) is 0 Å². The Kier molecular flexibility index (Phi) is 5.97. The van der Waals surface area contributed by atoms with Gasteiger partial charge in [-0.05, 0) is 81.6 Å². The number of fused-ring (bicyclic) bond motifs is 5. The molecule has 2 aliphatic carbocycles. The van der Waals surface area contributed by atoms with Crippen molar-refractivity contribution in [3.63, 3.8) is 0 Å². The molecule has 0 spiro atoms. The molecule has 2 heteroatoms. The topological polar surface area (TPSA) is 25.2 Å². The molecule has 0 saturated carbocycles. The zero-order valence-electron chi connectivity index (χ0n) is 25.5. The van der Waals surface area contributed by atoms with Crippen LogP contribution >= 0.6 is 0 Å². The predicted octanol–water partition coefficient (Wildman–Crippen LogP) is 11.2. The second-order valence-corrected chi connectivity index (χ2v) is 12.3. The molecule has 0 saturated heterocycles. The van der Waals surface area contributed by atoms with E-state index in [1.54, 1.807) is 0 Å². The summed E-state index contributed by atoms with van der Waals surface area (Å²) in [5, 5.41) is 15.7. The normalized spacial score (nSPS) is 15.7. The number of hydrogen-bond acceptors (Lipinski definition) is 1. The Labute approximate surface area is 268 Å². The summed E-state index contributed by atoms with van der Waals surface area (Å²) in [4.78, 5) is 0. The maximum atomic E-state index is 11.2. The van der Waals surface area contributed by atoms with Crippen LogP contribution in [0.1, 0.15) is 16.7 Å². The molecule has 46 heavy (non-hydrogen) atoms. The lowest BCUT2D eigenvalue weighted by Crippen LogP contribution is -2.05. The lowest BCUT2D eigenvalue weighted by atomic mass is 9.81. The van der Waals surface area contributed by atoms with Gasteiger partial charge in [0.25, 0.3) is 0 Å². The minimum Gasteiger partial charge on any atom is -0.507 e. The van der Waals surface area contributed by atoms with E-state index in [0.29, 0.717) is 5.75 Å². The van der Waals surface area contributed by atoms with Crippen molar-refractivity contribution in [3.05, 3.63) is 180 Å². The number of para-hydroxylation sites is 2. The van der Waals surface area contributed by atoms with E-state index in [9.17, 15) is 5.11 Å². The molecule has 0 amide bonds. The number of aromatic hydroxyl groups is 1. The summed E-state index contributed by atoms with van der Waals surface area (Å²) in [6.07, 6.45) is 11.2. The second kappa shape index (κ2) is 10.4. The molecule has 218 valence electrons. The Hall–Kier alpha value is -5.86. The van der Waals surface area contributed by atoms with Gasteiger partial charge in [-0.15, -0.1) is 0 Å². The van der Waals surface area contributed by atoms with Crippen LogP contribution in [0.5, 0.6) is 5.75 Å². The maximum absolute atomic E-state index is 11.2. The first-order chi connectivity index (χ1) is 22.7. The average Bonchev–Trinajstić information content (AvgIpc) is 3.69. The molecule has 2 aliphatic rings. The van der Waals surface area contributed by atoms with Crippen LogP contribution in [0.2, 0.25) is 0 Å². The fourth-order valence-corrected chi connectivity index (χ4v) is 7.51. The minimum atomic E-state index is 0.116. The van der Waals surface area contributed by atoms with Gasteiger partial charge in [-0.1, -0.05) is 133 Å². The summed E-state index contributed by atoms with van der Waals surface area (Å²) >= 11 is 0. The highest BCUT2D eigenvalue weighted by Crippen LogP contribution is 2.47. The van der Waals surface area contributed by atoms with Crippen molar-refractivity contribution < 1.29 is 5.11 Å². The van der Waals surface area contributed by atoms with Crippen molar-refractivity contribution in [1.82, 2.24) is 4.57 Å². The van der Waals surface area contributed by atoms with Gasteiger partial charge in [0.05, 0.1) is 11.0 Å². The standard InChI is InChI=1S/C44H31NO/c1-28-16-18-29(19-17-28)33-26-27-43(46)44-39(33)12-7-13-40(44)35-11-6-10-34-32(24-25-36(34)35)30-20-22-31(23-21-30)45-41-14-4-2-8-37(41)38-9-3-5-15-42(38)45/h2-27,36,46H,1H3. The highest BCUT2D eigenvalue weighted by atomic mass is 16.3. The lowest BCUT2D eigenvalue weighted by molar-refractivity contribution is 0.481. The monoisotopic (exact) mass is 589 g/mol. The highest BCUT2D eigenvalue weighted by molar-refractivity contribution is 6.09. The second-order valence-electron chi connectivity index (χ2n) is 12.3. The zero-order chi connectivity index (χ0) is 30.8. The quantitative estimate of drug-likeness (QED) is 0.217. The van der Waals surface area contributed by atoms with Crippen LogP contribution in [0.3, 0.4) is 0 Å². The van der Waals surface area contributed by atoms with Gasteiger partial charge in [0, 0.05) is 27.8 Å². The van der Waals surface area contributed by atoms with Gasteiger partial charge in [0.1, 0.15) is 5.75 Å². The largest absolute Gasteiger partial charge is 0.507 e. The molecule has 1 N–H and O–H groups in total. The third-order valence-corrected chi connectivity index (χ3v) is 9.70. The third-order valence-electron chi connectivity index (χ3n) is 9.70. The van der Waals surface area contributed by atoms with Crippen molar-refractivity contribution in [2.24, 2.45) is 5.92 Å². The highest BCUT2D eigenvalue weighted by Gasteiger charge is 2.27. The van der Waals surface area contributed by atoms with Crippen LogP contribution in [0.15, 0.2) is 163 Å².